The van der Waals surface area contributed by atoms with E-state index in [-0.39, 0.29) is 11.1 Å². The predicted molar refractivity (Wildman–Crippen MR) is 101 cm³/mol. The zero-order valence-electron chi connectivity index (χ0n) is 16.4. The van der Waals surface area contributed by atoms with E-state index in [1.54, 1.807) is 18.2 Å². The molecule has 3 rings (SSSR count). The molecule has 2 aromatic heterocycles. The van der Waals surface area contributed by atoms with Crippen molar-refractivity contribution >= 4 is 5.91 Å². The molecule has 3 N–H and O–H groups in total. The van der Waals surface area contributed by atoms with E-state index in [4.69, 9.17) is 0 Å². The predicted octanol–water partition coefficient (Wildman–Crippen LogP) is 3.75. The first kappa shape index (κ1) is 22.2. The number of halogens is 4. The fourth-order valence-corrected chi connectivity index (χ4v) is 2.94. The minimum absolute atomic E-state index is 0.0377. The molecule has 11 heteroatoms. The average molecular weight is 438 g/mol. The third-order valence-electron chi connectivity index (χ3n) is 4.30. The van der Waals surface area contributed by atoms with Crippen LogP contribution in [0.25, 0.3) is 11.4 Å². The zero-order chi connectivity index (χ0) is 22.8. The Morgan fingerprint density at radius 1 is 1.23 bits per heavy atom. The van der Waals surface area contributed by atoms with Crippen LogP contribution in [0.15, 0.2) is 48.8 Å². The van der Waals surface area contributed by atoms with Crippen molar-refractivity contribution in [2.24, 2.45) is 0 Å². The monoisotopic (exact) mass is 438 g/mol. The van der Waals surface area contributed by atoms with E-state index < -0.39 is 35.5 Å². The van der Waals surface area contributed by atoms with Crippen molar-refractivity contribution in [1.29, 1.82) is 0 Å². The Morgan fingerprint density at radius 2 is 1.97 bits per heavy atom. The highest BCUT2D eigenvalue weighted by Gasteiger charge is 2.34. The van der Waals surface area contributed by atoms with Gasteiger partial charge in [-0.25, -0.2) is 4.39 Å². The number of aromatic amines is 1. The number of ether oxygens (including phenoxy) is 1. The van der Waals surface area contributed by atoms with E-state index in [2.05, 4.69) is 25.2 Å². The molecule has 0 fully saturated rings. The number of H-pyrrole nitrogens is 1. The number of hydrogen-bond acceptors (Lipinski definition) is 5. The van der Waals surface area contributed by atoms with E-state index in [9.17, 15) is 27.5 Å². The van der Waals surface area contributed by atoms with Crippen LogP contribution in [0.4, 0.5) is 17.6 Å². The lowest BCUT2D eigenvalue weighted by atomic mass is 9.91. The van der Waals surface area contributed by atoms with Crippen LogP contribution >= 0.6 is 0 Å². The van der Waals surface area contributed by atoms with Crippen molar-refractivity contribution in [3.8, 4) is 17.1 Å². The van der Waals surface area contributed by atoms with Gasteiger partial charge in [-0.05, 0) is 43.7 Å². The molecule has 0 saturated carbocycles. The van der Waals surface area contributed by atoms with E-state index in [0.29, 0.717) is 11.4 Å². The van der Waals surface area contributed by atoms with Crippen molar-refractivity contribution < 1.29 is 32.2 Å². The number of pyridine rings is 1. The topological polar surface area (TPSA) is 100 Å². The van der Waals surface area contributed by atoms with Gasteiger partial charge in [0.2, 0.25) is 0 Å². The van der Waals surface area contributed by atoms with Gasteiger partial charge in [0, 0.05) is 6.20 Å². The summed E-state index contributed by atoms with van der Waals surface area (Å²) in [6.45, 7) is 2.73. The molecule has 164 valence electrons. The highest BCUT2D eigenvalue weighted by molar-refractivity contribution is 5.99. The number of aromatic nitrogens is 3. The number of aliphatic hydroxyl groups is 1. The van der Waals surface area contributed by atoms with Gasteiger partial charge < -0.3 is 15.2 Å². The number of amides is 1. The summed E-state index contributed by atoms with van der Waals surface area (Å²) >= 11 is 0. The molecule has 7 nitrogen and oxygen atoms in total. The SMILES string of the molecule is CC(C)(O)[C@@H](NC(=O)c1cn[nH]c1-c1ccccn1)c1ccc(OC(F)(F)F)c(F)c1. The van der Waals surface area contributed by atoms with Crippen LogP contribution in [0.3, 0.4) is 0 Å². The molecule has 0 aliphatic carbocycles. The summed E-state index contributed by atoms with van der Waals surface area (Å²) in [5, 5.41) is 19.6. The normalized spacial score (nSPS) is 13.0. The summed E-state index contributed by atoms with van der Waals surface area (Å²) in [7, 11) is 0. The van der Waals surface area contributed by atoms with E-state index in [1.807, 2.05) is 0 Å². The highest BCUT2D eigenvalue weighted by atomic mass is 19.4. The summed E-state index contributed by atoms with van der Waals surface area (Å²) in [6.07, 6.45) is -2.26. The minimum Gasteiger partial charge on any atom is -0.403 e. The van der Waals surface area contributed by atoms with Crippen LogP contribution in [0.1, 0.15) is 35.8 Å². The maximum atomic E-state index is 14.2. The number of carbonyl (C=O) groups is 1. The van der Waals surface area contributed by atoms with Crippen LogP contribution in [-0.4, -0.2) is 38.2 Å². The average Bonchev–Trinajstić information content (AvgIpc) is 3.16. The quantitative estimate of drug-likeness (QED) is 0.509. The van der Waals surface area contributed by atoms with Crippen LogP contribution in [0.2, 0.25) is 0 Å². The molecule has 3 aromatic rings. The van der Waals surface area contributed by atoms with Crippen LogP contribution < -0.4 is 10.1 Å². The maximum Gasteiger partial charge on any atom is 0.573 e. The second kappa shape index (κ2) is 8.34. The Morgan fingerprint density at radius 3 is 2.55 bits per heavy atom. The molecule has 1 aromatic carbocycles. The Hall–Kier alpha value is -3.47. The van der Waals surface area contributed by atoms with E-state index in [0.717, 1.165) is 18.2 Å². The number of benzene rings is 1. The Kier molecular flexibility index (Phi) is 5.98. The van der Waals surface area contributed by atoms with Gasteiger partial charge in [0.05, 0.1) is 34.8 Å². The van der Waals surface area contributed by atoms with Gasteiger partial charge >= 0.3 is 6.36 Å². The van der Waals surface area contributed by atoms with Crippen molar-refractivity contribution in [3.05, 3.63) is 65.7 Å². The maximum absolute atomic E-state index is 14.2. The molecule has 0 radical (unpaired) electrons. The lowest BCUT2D eigenvalue weighted by Crippen LogP contribution is -2.42. The third kappa shape index (κ3) is 5.37. The molecule has 0 unspecified atom stereocenters. The van der Waals surface area contributed by atoms with Gasteiger partial charge in [0.1, 0.15) is 0 Å². The van der Waals surface area contributed by atoms with Gasteiger partial charge in [-0.15, -0.1) is 13.2 Å². The summed E-state index contributed by atoms with van der Waals surface area (Å²) < 4.78 is 54.9. The van der Waals surface area contributed by atoms with Crippen molar-refractivity contribution in [1.82, 2.24) is 20.5 Å². The first-order valence-corrected chi connectivity index (χ1v) is 8.99. The lowest BCUT2D eigenvalue weighted by molar-refractivity contribution is -0.275. The molecule has 0 spiro atoms. The van der Waals surface area contributed by atoms with Gasteiger partial charge in [0.15, 0.2) is 11.6 Å². The summed E-state index contributed by atoms with van der Waals surface area (Å²) in [4.78, 5) is 17.0. The van der Waals surface area contributed by atoms with Crippen LogP contribution in [-0.2, 0) is 0 Å². The number of rotatable bonds is 6. The number of nitrogens with one attached hydrogen (secondary N) is 2. The number of carbonyl (C=O) groups excluding carboxylic acids is 1. The fourth-order valence-electron chi connectivity index (χ4n) is 2.94. The second-order valence-electron chi connectivity index (χ2n) is 7.17. The minimum atomic E-state index is -5.06. The third-order valence-corrected chi connectivity index (χ3v) is 4.30. The molecular weight excluding hydrogens is 420 g/mol. The van der Waals surface area contributed by atoms with Crippen molar-refractivity contribution in [2.45, 2.75) is 31.9 Å². The molecule has 2 heterocycles. The Labute approximate surface area is 174 Å². The molecule has 31 heavy (non-hydrogen) atoms. The standard InChI is InChI=1S/C20H18F4N4O3/c1-19(2,30)17(11-6-7-15(13(21)9-11)31-20(22,23)24)27-18(29)12-10-26-28-16(12)14-5-3-4-8-25-14/h3-10,17,30H,1-2H3,(H,26,28)(H,27,29)/t17-/m0/s1. The van der Waals surface area contributed by atoms with Gasteiger partial charge in [0.25, 0.3) is 5.91 Å². The molecule has 0 aliphatic rings. The molecule has 0 saturated heterocycles. The van der Waals surface area contributed by atoms with E-state index >= 15 is 0 Å². The zero-order valence-corrected chi connectivity index (χ0v) is 16.4. The van der Waals surface area contributed by atoms with Gasteiger partial charge in [-0.3, -0.25) is 14.9 Å². The van der Waals surface area contributed by atoms with Gasteiger partial charge in [-0.2, -0.15) is 5.10 Å². The number of nitrogens with zero attached hydrogens (tertiary/aromatic N) is 2. The summed E-state index contributed by atoms with van der Waals surface area (Å²) in [6, 6.07) is 6.58. The Balaban J connectivity index is 1.90. The summed E-state index contributed by atoms with van der Waals surface area (Å²) in [5.74, 6) is -2.97. The van der Waals surface area contributed by atoms with Crippen molar-refractivity contribution in [2.75, 3.05) is 0 Å². The molecule has 0 aliphatic heterocycles. The first-order valence-electron chi connectivity index (χ1n) is 8.99. The molecular formula is C20H18F4N4O3. The molecule has 0 bridgehead atoms. The largest absolute Gasteiger partial charge is 0.573 e. The first-order chi connectivity index (χ1) is 14.5. The fraction of sp³-hybridized carbons (Fsp3) is 0.250. The van der Waals surface area contributed by atoms with Crippen molar-refractivity contribution in [3.63, 3.8) is 0 Å². The smallest absolute Gasteiger partial charge is 0.403 e. The molecule has 1 atom stereocenters. The van der Waals surface area contributed by atoms with Crippen LogP contribution in [0.5, 0.6) is 5.75 Å². The van der Waals surface area contributed by atoms with E-state index in [1.165, 1.54) is 26.2 Å². The van der Waals surface area contributed by atoms with Gasteiger partial charge in [-0.1, -0.05) is 12.1 Å². The number of hydrogen-bond donors (Lipinski definition) is 3. The molecule has 1 amide bonds. The number of alkyl halides is 3. The highest BCUT2D eigenvalue weighted by Crippen LogP contribution is 2.32. The van der Waals surface area contributed by atoms with Crippen LogP contribution in [0, 0.1) is 5.82 Å². The Bertz CT molecular complexity index is 1060. The summed E-state index contributed by atoms with van der Waals surface area (Å²) in [5.41, 5.74) is -0.665. The lowest BCUT2D eigenvalue weighted by Gasteiger charge is -2.30. The second-order valence-corrected chi connectivity index (χ2v) is 7.17.